The zero-order valence-electron chi connectivity index (χ0n) is 6.50. The van der Waals surface area contributed by atoms with Crippen molar-refractivity contribution in [3.63, 3.8) is 0 Å². The summed E-state index contributed by atoms with van der Waals surface area (Å²) in [5, 5.41) is 1.31. The van der Waals surface area contributed by atoms with Crippen LogP contribution in [0.4, 0.5) is 0 Å². The molecule has 0 nitrogen and oxygen atoms in total. The quantitative estimate of drug-likeness (QED) is 0.604. The molecule has 0 aliphatic rings. The number of halogens is 3. The van der Waals surface area contributed by atoms with Gasteiger partial charge in [0.05, 0.1) is 15.1 Å². The van der Waals surface area contributed by atoms with Gasteiger partial charge in [0.25, 0.3) is 0 Å². The molecule has 0 bridgehead atoms. The van der Waals surface area contributed by atoms with Crippen molar-refractivity contribution in [2.24, 2.45) is 0 Å². The largest absolute Gasteiger partial charge is 0.0955 e. The summed E-state index contributed by atoms with van der Waals surface area (Å²) in [6.45, 7) is 5.66. The van der Waals surface area contributed by atoms with Gasteiger partial charge < -0.3 is 0 Å². The zero-order chi connectivity index (χ0) is 9.30. The predicted molar refractivity (Wildman–Crippen MR) is 56.2 cm³/mol. The van der Waals surface area contributed by atoms with Gasteiger partial charge in [-0.2, -0.15) is 0 Å². The van der Waals surface area contributed by atoms with Gasteiger partial charge in [-0.05, 0) is 24.6 Å². The third-order valence-electron chi connectivity index (χ3n) is 1.48. The smallest absolute Gasteiger partial charge is 0.0778 e. The highest BCUT2D eigenvalue weighted by atomic mass is 35.5. The Bertz CT molecular complexity index is 306. The first kappa shape index (κ1) is 9.91. The summed E-state index contributed by atoms with van der Waals surface area (Å²) in [5.41, 5.74) is 1.82. The lowest BCUT2D eigenvalue weighted by atomic mass is 10.1. The van der Waals surface area contributed by atoms with Crippen LogP contribution in [0, 0.1) is 0 Å². The molecule has 0 aliphatic carbocycles. The third kappa shape index (κ3) is 1.95. The normalized spacial score (nSPS) is 10.0. The van der Waals surface area contributed by atoms with Crippen LogP contribution in [0.3, 0.4) is 0 Å². The lowest BCUT2D eigenvalue weighted by Gasteiger charge is -2.03. The van der Waals surface area contributed by atoms with E-state index in [4.69, 9.17) is 34.8 Å². The standard InChI is InChI=1S/C9H7Cl3/c1-5(2)6-3-7(10)9(12)8(11)4-6/h3-4H,1H2,2H3. The van der Waals surface area contributed by atoms with Crippen molar-refractivity contribution in [2.45, 2.75) is 6.92 Å². The highest BCUT2D eigenvalue weighted by Gasteiger charge is 2.05. The highest BCUT2D eigenvalue weighted by molar-refractivity contribution is 6.48. The summed E-state index contributed by atoms with van der Waals surface area (Å²) in [6.07, 6.45) is 0. The van der Waals surface area contributed by atoms with Crippen molar-refractivity contribution >= 4 is 40.4 Å². The number of allylic oxidation sites excluding steroid dienone is 1. The molecule has 1 aromatic rings. The molecule has 0 N–H and O–H groups in total. The Morgan fingerprint density at radius 3 is 1.92 bits per heavy atom. The molecule has 64 valence electrons. The fraction of sp³-hybridized carbons (Fsp3) is 0.111. The van der Waals surface area contributed by atoms with E-state index < -0.39 is 0 Å². The predicted octanol–water partition coefficient (Wildman–Crippen LogP) is 4.68. The van der Waals surface area contributed by atoms with Crippen molar-refractivity contribution in [3.05, 3.63) is 39.3 Å². The summed E-state index contributed by atoms with van der Waals surface area (Å²) < 4.78 is 0. The molecule has 0 amide bonds. The van der Waals surface area contributed by atoms with Gasteiger partial charge in [0.2, 0.25) is 0 Å². The zero-order valence-corrected chi connectivity index (χ0v) is 8.76. The Labute approximate surface area is 86.7 Å². The van der Waals surface area contributed by atoms with Crippen molar-refractivity contribution in [2.75, 3.05) is 0 Å². The first-order chi connectivity index (χ1) is 5.52. The maximum absolute atomic E-state index is 5.81. The van der Waals surface area contributed by atoms with Crippen LogP contribution >= 0.6 is 34.8 Å². The van der Waals surface area contributed by atoms with E-state index in [1.54, 1.807) is 12.1 Å². The Morgan fingerprint density at radius 1 is 1.17 bits per heavy atom. The minimum absolute atomic E-state index is 0.392. The molecule has 0 fully saturated rings. The highest BCUT2D eigenvalue weighted by Crippen LogP contribution is 2.32. The summed E-state index contributed by atoms with van der Waals surface area (Å²) in [5.74, 6) is 0. The summed E-state index contributed by atoms with van der Waals surface area (Å²) in [7, 11) is 0. The van der Waals surface area contributed by atoms with Gasteiger partial charge in [-0.25, -0.2) is 0 Å². The van der Waals surface area contributed by atoms with Gasteiger partial charge in [-0.15, -0.1) is 0 Å². The van der Waals surface area contributed by atoms with Gasteiger partial charge in [0.15, 0.2) is 0 Å². The number of benzene rings is 1. The van der Waals surface area contributed by atoms with E-state index in [2.05, 4.69) is 6.58 Å². The lowest BCUT2D eigenvalue weighted by molar-refractivity contribution is 1.58. The second-order valence-corrected chi connectivity index (χ2v) is 3.73. The summed E-state index contributed by atoms with van der Waals surface area (Å²) >= 11 is 17.4. The molecule has 0 aromatic heterocycles. The van der Waals surface area contributed by atoms with Crippen LogP contribution in [0.1, 0.15) is 12.5 Å². The third-order valence-corrected chi connectivity index (χ3v) is 2.67. The molecular weight excluding hydrogens is 214 g/mol. The van der Waals surface area contributed by atoms with Gasteiger partial charge >= 0.3 is 0 Å². The summed E-state index contributed by atoms with van der Waals surface area (Å²) in [4.78, 5) is 0. The van der Waals surface area contributed by atoms with Crippen molar-refractivity contribution in [1.29, 1.82) is 0 Å². The number of rotatable bonds is 1. The van der Waals surface area contributed by atoms with E-state index in [9.17, 15) is 0 Å². The summed E-state index contributed by atoms with van der Waals surface area (Å²) in [6, 6.07) is 3.50. The molecule has 0 saturated heterocycles. The average Bonchev–Trinajstić information content (AvgIpc) is 1.99. The van der Waals surface area contributed by atoms with Gasteiger partial charge in [0, 0.05) is 0 Å². The fourth-order valence-corrected chi connectivity index (χ4v) is 1.40. The molecule has 0 spiro atoms. The molecule has 0 aliphatic heterocycles. The fourth-order valence-electron chi connectivity index (χ4n) is 0.802. The van der Waals surface area contributed by atoms with Gasteiger partial charge in [-0.3, -0.25) is 0 Å². The molecule has 0 unspecified atom stereocenters. The molecule has 1 rings (SSSR count). The van der Waals surface area contributed by atoms with Gasteiger partial charge in [-0.1, -0.05) is 47.0 Å². The lowest BCUT2D eigenvalue weighted by Crippen LogP contribution is -1.80. The van der Waals surface area contributed by atoms with Crippen LogP contribution in [0.15, 0.2) is 18.7 Å². The van der Waals surface area contributed by atoms with Gasteiger partial charge in [0.1, 0.15) is 0 Å². The Hall–Kier alpha value is -0.170. The number of hydrogen-bond acceptors (Lipinski definition) is 0. The molecule has 12 heavy (non-hydrogen) atoms. The monoisotopic (exact) mass is 220 g/mol. The van der Waals surface area contributed by atoms with E-state index in [0.717, 1.165) is 11.1 Å². The van der Waals surface area contributed by atoms with Crippen LogP contribution in [0.2, 0.25) is 15.1 Å². The van der Waals surface area contributed by atoms with Crippen molar-refractivity contribution < 1.29 is 0 Å². The Balaban J connectivity index is 3.31. The molecule has 0 atom stereocenters. The Morgan fingerprint density at radius 2 is 1.58 bits per heavy atom. The maximum atomic E-state index is 5.81. The van der Waals surface area contributed by atoms with Crippen LogP contribution in [-0.2, 0) is 0 Å². The van der Waals surface area contributed by atoms with Crippen LogP contribution in [0.5, 0.6) is 0 Å². The molecule has 1 aromatic carbocycles. The van der Waals surface area contributed by atoms with Crippen molar-refractivity contribution in [1.82, 2.24) is 0 Å². The van der Waals surface area contributed by atoms with Crippen LogP contribution in [0.25, 0.3) is 5.57 Å². The molecule has 0 heterocycles. The van der Waals surface area contributed by atoms with E-state index in [1.807, 2.05) is 6.92 Å². The molecular formula is C9H7Cl3. The van der Waals surface area contributed by atoms with E-state index in [1.165, 1.54) is 0 Å². The minimum Gasteiger partial charge on any atom is -0.0955 e. The average molecular weight is 222 g/mol. The maximum Gasteiger partial charge on any atom is 0.0778 e. The second-order valence-electron chi connectivity index (χ2n) is 2.53. The van der Waals surface area contributed by atoms with E-state index in [-0.39, 0.29) is 0 Å². The molecule has 0 radical (unpaired) electrons. The minimum atomic E-state index is 0.392. The van der Waals surface area contributed by atoms with Crippen molar-refractivity contribution in [3.8, 4) is 0 Å². The topological polar surface area (TPSA) is 0 Å². The molecule has 3 heteroatoms. The van der Waals surface area contributed by atoms with Crippen LogP contribution in [-0.4, -0.2) is 0 Å². The first-order valence-corrected chi connectivity index (χ1v) is 4.46. The Kier molecular flexibility index (Phi) is 3.05. The second kappa shape index (κ2) is 3.69. The van der Waals surface area contributed by atoms with E-state index >= 15 is 0 Å². The van der Waals surface area contributed by atoms with Crippen LogP contribution < -0.4 is 0 Å². The molecule has 0 saturated carbocycles. The van der Waals surface area contributed by atoms with E-state index in [0.29, 0.717) is 15.1 Å². The SMILES string of the molecule is C=C(C)c1cc(Cl)c(Cl)c(Cl)c1. The first-order valence-electron chi connectivity index (χ1n) is 3.33. The number of hydrogen-bond donors (Lipinski definition) is 0.